The third-order valence-corrected chi connectivity index (χ3v) is 7.67. The monoisotopic (exact) mass is 542 g/mol. The van der Waals surface area contributed by atoms with Crippen LogP contribution in [0.3, 0.4) is 0 Å². The number of alkyl halides is 3. The molecule has 0 bridgehead atoms. The van der Waals surface area contributed by atoms with E-state index >= 15 is 0 Å². The molecule has 202 valence electrons. The third-order valence-electron chi connectivity index (χ3n) is 6.49. The van der Waals surface area contributed by atoms with Gasteiger partial charge in [0.15, 0.2) is 16.1 Å². The van der Waals surface area contributed by atoms with Gasteiger partial charge >= 0.3 is 6.18 Å². The SMILES string of the molecule is CC(C)[C@@H]1c2nc3cc(CO)c(S(C)(=O)=O)cc3n2CCN1C1N=CC(C(=O)N(C)C)=C(C(F)(F)F)N1. The summed E-state index contributed by atoms with van der Waals surface area (Å²) >= 11 is 0. The highest BCUT2D eigenvalue weighted by molar-refractivity contribution is 7.90. The Morgan fingerprint density at radius 2 is 1.95 bits per heavy atom. The van der Waals surface area contributed by atoms with Gasteiger partial charge < -0.3 is 19.9 Å². The second-order valence-electron chi connectivity index (χ2n) is 9.71. The molecule has 0 saturated carbocycles. The normalized spacial score (nSPS) is 20.9. The lowest BCUT2D eigenvalue weighted by Gasteiger charge is -2.43. The maximum atomic E-state index is 13.9. The zero-order chi connectivity index (χ0) is 27.4. The first-order valence-electron chi connectivity index (χ1n) is 11.6. The second-order valence-corrected chi connectivity index (χ2v) is 11.7. The molecule has 2 aliphatic rings. The van der Waals surface area contributed by atoms with Crippen LogP contribution in [0.25, 0.3) is 11.0 Å². The van der Waals surface area contributed by atoms with Gasteiger partial charge in [0, 0.05) is 39.7 Å². The van der Waals surface area contributed by atoms with E-state index in [4.69, 9.17) is 4.98 Å². The van der Waals surface area contributed by atoms with Crippen molar-refractivity contribution in [2.24, 2.45) is 10.9 Å². The molecule has 2 N–H and O–H groups in total. The lowest BCUT2D eigenvalue weighted by atomic mass is 9.99. The van der Waals surface area contributed by atoms with Gasteiger partial charge in [-0.15, -0.1) is 0 Å². The number of amides is 1. The molecule has 0 fully saturated rings. The molecule has 1 amide bonds. The molecule has 0 radical (unpaired) electrons. The number of carbonyl (C=O) groups excluding carboxylic acids is 1. The van der Waals surface area contributed by atoms with Crippen LogP contribution in [0, 0.1) is 5.92 Å². The van der Waals surface area contributed by atoms with Crippen molar-refractivity contribution in [3.05, 3.63) is 34.8 Å². The number of imidazole rings is 1. The number of rotatable bonds is 5. The van der Waals surface area contributed by atoms with Crippen molar-refractivity contribution in [3.8, 4) is 0 Å². The van der Waals surface area contributed by atoms with Gasteiger partial charge in [-0.05, 0) is 23.6 Å². The predicted octanol–water partition coefficient (Wildman–Crippen LogP) is 1.81. The van der Waals surface area contributed by atoms with Crippen molar-refractivity contribution in [2.75, 3.05) is 26.9 Å². The smallest absolute Gasteiger partial charge is 0.392 e. The summed E-state index contributed by atoms with van der Waals surface area (Å²) in [6.07, 6.45) is -3.87. The number of nitrogens with one attached hydrogen (secondary N) is 1. The number of sulfone groups is 1. The average Bonchev–Trinajstić information content (AvgIpc) is 3.17. The van der Waals surface area contributed by atoms with Gasteiger partial charge in [0.25, 0.3) is 5.91 Å². The Bertz CT molecular complexity index is 1410. The zero-order valence-corrected chi connectivity index (χ0v) is 21.9. The molecule has 2 aliphatic heterocycles. The fourth-order valence-electron chi connectivity index (χ4n) is 4.86. The van der Waals surface area contributed by atoms with E-state index < -0.39 is 52.1 Å². The molecule has 14 heteroatoms. The molecule has 2 atom stereocenters. The van der Waals surface area contributed by atoms with Gasteiger partial charge in [0.05, 0.1) is 34.2 Å². The second kappa shape index (κ2) is 9.40. The van der Waals surface area contributed by atoms with Crippen LogP contribution in [0.15, 0.2) is 33.3 Å². The fraction of sp³-hybridized carbons (Fsp3) is 0.522. The number of aliphatic hydroxyl groups is 1. The molecule has 1 unspecified atom stereocenters. The van der Waals surface area contributed by atoms with Gasteiger partial charge in [0.1, 0.15) is 11.5 Å². The standard InChI is InChI=1S/C23H29F3N6O4S/c1-12(2)18-20-28-15-8-13(11-33)17(37(5,35)36)9-16(15)31(20)6-7-32(18)22-27-10-14(21(34)30(3)4)19(29-22)23(24,25)26/h8-10,12,18,22,29,33H,6-7,11H2,1-5H3/t18-,22?/m1/s1. The quantitative estimate of drug-likeness (QED) is 0.591. The summed E-state index contributed by atoms with van der Waals surface area (Å²) < 4.78 is 68.3. The maximum Gasteiger partial charge on any atom is 0.431 e. The Morgan fingerprint density at radius 3 is 2.49 bits per heavy atom. The predicted molar refractivity (Wildman–Crippen MR) is 130 cm³/mol. The molecule has 0 saturated heterocycles. The Hall–Kier alpha value is -2.97. The minimum absolute atomic E-state index is 0.00492. The molecule has 37 heavy (non-hydrogen) atoms. The summed E-state index contributed by atoms with van der Waals surface area (Å²) in [7, 11) is -0.890. The number of halogens is 3. The van der Waals surface area contributed by atoms with Crippen molar-refractivity contribution in [2.45, 2.75) is 50.4 Å². The number of aliphatic imine (C=N–C) groups is 1. The van der Waals surface area contributed by atoms with Crippen LogP contribution in [0.2, 0.25) is 0 Å². The van der Waals surface area contributed by atoms with Gasteiger partial charge in [-0.1, -0.05) is 13.8 Å². The molecule has 10 nitrogen and oxygen atoms in total. The Morgan fingerprint density at radius 1 is 1.27 bits per heavy atom. The fourth-order valence-corrected chi connectivity index (χ4v) is 5.79. The molecule has 2 aromatic rings. The van der Waals surface area contributed by atoms with Crippen LogP contribution in [-0.2, 0) is 27.8 Å². The summed E-state index contributed by atoms with van der Waals surface area (Å²) in [6, 6.07) is 2.54. The topological polar surface area (TPSA) is 120 Å². The first kappa shape index (κ1) is 27.1. The molecule has 0 aliphatic carbocycles. The summed E-state index contributed by atoms with van der Waals surface area (Å²) in [4.78, 5) is 24.2. The molecule has 1 aromatic heterocycles. The van der Waals surface area contributed by atoms with Crippen LogP contribution >= 0.6 is 0 Å². The summed E-state index contributed by atoms with van der Waals surface area (Å²) in [5, 5.41) is 12.2. The van der Waals surface area contributed by atoms with Crippen molar-refractivity contribution in [3.63, 3.8) is 0 Å². The molecule has 1 aromatic carbocycles. The zero-order valence-electron chi connectivity index (χ0n) is 21.0. The number of hydrogen-bond donors (Lipinski definition) is 2. The van der Waals surface area contributed by atoms with Crippen LogP contribution in [0.5, 0.6) is 0 Å². The molecule has 4 rings (SSSR count). The van der Waals surface area contributed by atoms with Crippen molar-refractivity contribution >= 4 is 33.0 Å². The highest BCUT2D eigenvalue weighted by Crippen LogP contribution is 2.38. The van der Waals surface area contributed by atoms with E-state index in [9.17, 15) is 31.5 Å². The number of fused-ring (bicyclic) bond motifs is 3. The number of aromatic nitrogens is 2. The number of allylic oxidation sites excluding steroid dienone is 1. The van der Waals surface area contributed by atoms with E-state index in [1.165, 1.54) is 26.2 Å². The number of likely N-dealkylation sites (N-methyl/N-ethyl adjacent to an activating group) is 1. The van der Waals surface area contributed by atoms with Crippen LogP contribution in [-0.4, -0.2) is 84.4 Å². The number of nitrogens with zero attached hydrogens (tertiary/aromatic N) is 5. The first-order chi connectivity index (χ1) is 17.1. The molecular weight excluding hydrogens is 513 g/mol. The van der Waals surface area contributed by atoms with E-state index in [-0.39, 0.29) is 22.9 Å². The van der Waals surface area contributed by atoms with Crippen molar-refractivity contribution < 1.29 is 31.5 Å². The molecular formula is C23H29F3N6O4S. The van der Waals surface area contributed by atoms with Gasteiger partial charge in [-0.25, -0.2) is 13.4 Å². The minimum Gasteiger partial charge on any atom is -0.392 e. The maximum absolute atomic E-state index is 13.9. The van der Waals surface area contributed by atoms with E-state index in [0.717, 1.165) is 17.4 Å². The minimum atomic E-state index is -4.80. The van der Waals surface area contributed by atoms with Crippen LogP contribution in [0.1, 0.15) is 31.3 Å². The Balaban J connectivity index is 1.78. The summed E-state index contributed by atoms with van der Waals surface area (Å²) in [5.74, 6) is -0.373. The number of carbonyl (C=O) groups is 1. The van der Waals surface area contributed by atoms with Crippen molar-refractivity contribution in [1.29, 1.82) is 0 Å². The largest absolute Gasteiger partial charge is 0.431 e. The number of aliphatic hydroxyl groups excluding tert-OH is 1. The highest BCUT2D eigenvalue weighted by atomic mass is 32.2. The van der Waals surface area contributed by atoms with Crippen LogP contribution < -0.4 is 5.32 Å². The highest BCUT2D eigenvalue weighted by Gasteiger charge is 2.44. The Kier molecular flexibility index (Phi) is 6.88. The van der Waals surface area contributed by atoms with Gasteiger partial charge in [0.2, 0.25) is 0 Å². The van der Waals surface area contributed by atoms with Gasteiger partial charge in [-0.3, -0.25) is 14.7 Å². The third kappa shape index (κ3) is 4.84. The van der Waals surface area contributed by atoms with E-state index in [0.29, 0.717) is 23.4 Å². The van der Waals surface area contributed by atoms with E-state index in [1.54, 1.807) is 4.90 Å². The average molecular weight is 543 g/mol. The van der Waals surface area contributed by atoms with Crippen molar-refractivity contribution in [1.82, 2.24) is 24.7 Å². The summed E-state index contributed by atoms with van der Waals surface area (Å²) in [6.45, 7) is 3.93. The number of benzene rings is 1. The molecule has 3 heterocycles. The first-order valence-corrected chi connectivity index (χ1v) is 13.5. The summed E-state index contributed by atoms with van der Waals surface area (Å²) in [5.41, 5.74) is -0.455. The van der Waals surface area contributed by atoms with Gasteiger partial charge in [-0.2, -0.15) is 13.2 Å². The Labute approximate surface area is 212 Å². The van der Waals surface area contributed by atoms with E-state index in [2.05, 4.69) is 10.3 Å². The lowest BCUT2D eigenvalue weighted by molar-refractivity contribution is -0.126. The van der Waals surface area contributed by atoms with Crippen LogP contribution in [0.4, 0.5) is 13.2 Å². The lowest BCUT2D eigenvalue weighted by Crippen LogP contribution is -2.54. The molecule has 0 spiro atoms. The van der Waals surface area contributed by atoms with E-state index in [1.807, 2.05) is 18.4 Å². The number of hydrogen-bond acceptors (Lipinski definition) is 8.